The van der Waals surface area contributed by atoms with Gasteiger partial charge in [-0.05, 0) is 118 Å². The summed E-state index contributed by atoms with van der Waals surface area (Å²) in [7, 11) is 0. The van der Waals surface area contributed by atoms with E-state index in [2.05, 4.69) is 118 Å². The summed E-state index contributed by atoms with van der Waals surface area (Å²) in [6, 6.07) is 36.7. The van der Waals surface area contributed by atoms with E-state index < -0.39 is 0 Å². The van der Waals surface area contributed by atoms with Crippen molar-refractivity contribution in [2.24, 2.45) is 17.8 Å². The second-order valence-electron chi connectivity index (χ2n) is 13.7. The molecule has 0 aliphatic heterocycles. The van der Waals surface area contributed by atoms with Crippen molar-refractivity contribution in [1.29, 1.82) is 0 Å². The van der Waals surface area contributed by atoms with E-state index in [4.69, 9.17) is 0 Å². The Morgan fingerprint density at radius 3 is 1.63 bits per heavy atom. The summed E-state index contributed by atoms with van der Waals surface area (Å²) in [4.78, 5) is 0. The van der Waals surface area contributed by atoms with Crippen molar-refractivity contribution in [3.63, 3.8) is 0 Å². The number of benzene rings is 4. The van der Waals surface area contributed by atoms with Crippen molar-refractivity contribution in [3.8, 4) is 33.4 Å². The molecule has 4 fully saturated rings. The Morgan fingerprint density at radius 1 is 0.526 bits per heavy atom. The smallest absolute Gasteiger partial charge is 0.00391 e. The van der Waals surface area contributed by atoms with E-state index in [0.717, 1.165) is 17.8 Å². The Labute approximate surface area is 229 Å². The molecule has 0 amide bonds. The highest BCUT2D eigenvalue weighted by Gasteiger charge is 2.51. The standard InChI is InChI=1S/C38H40/c1-37(2,3)34-21-31(20-32(22-34)36-12-8-7-11-35(36)30-9-5-4-6-10-30)29-13-15-33(16-14-29)38-23-26-17-27(24-38)19-28(18-26)25-38/h4-16,20-22,26-28H,17-19,23-25H2,1-3H3. The van der Waals surface area contributed by atoms with Crippen LogP contribution in [-0.4, -0.2) is 0 Å². The van der Waals surface area contributed by atoms with Gasteiger partial charge in [0.25, 0.3) is 0 Å². The average Bonchev–Trinajstić information content (AvgIpc) is 2.92. The second kappa shape index (κ2) is 8.98. The van der Waals surface area contributed by atoms with Crippen LogP contribution in [0.4, 0.5) is 0 Å². The molecule has 0 heteroatoms. The van der Waals surface area contributed by atoms with Crippen LogP contribution in [0.1, 0.15) is 70.4 Å². The molecule has 0 nitrogen and oxygen atoms in total. The third-order valence-electron chi connectivity index (χ3n) is 9.99. The molecule has 0 unspecified atom stereocenters. The normalized spacial score (nSPS) is 26.0. The quantitative estimate of drug-likeness (QED) is 0.263. The fraction of sp³-hybridized carbons (Fsp3) is 0.368. The number of rotatable bonds is 4. The summed E-state index contributed by atoms with van der Waals surface area (Å²) in [6.07, 6.45) is 8.80. The van der Waals surface area contributed by atoms with Crippen LogP contribution in [0.15, 0.2) is 97.1 Å². The molecule has 192 valence electrons. The van der Waals surface area contributed by atoms with Crippen LogP contribution in [0.3, 0.4) is 0 Å². The Bertz CT molecular complexity index is 1410. The molecule has 4 aliphatic rings. The molecule has 4 aromatic rings. The molecule has 4 aromatic carbocycles. The Balaban J connectivity index is 1.29. The van der Waals surface area contributed by atoms with Gasteiger partial charge in [0, 0.05) is 0 Å². The Kier molecular flexibility index (Phi) is 5.66. The van der Waals surface area contributed by atoms with Crippen molar-refractivity contribution in [2.75, 3.05) is 0 Å². The van der Waals surface area contributed by atoms with Crippen LogP contribution in [0.2, 0.25) is 0 Å². The lowest BCUT2D eigenvalue weighted by Crippen LogP contribution is -2.48. The van der Waals surface area contributed by atoms with Crippen LogP contribution in [0, 0.1) is 17.8 Å². The molecule has 0 saturated heterocycles. The third-order valence-corrected chi connectivity index (χ3v) is 9.99. The van der Waals surface area contributed by atoms with Gasteiger partial charge in [0.1, 0.15) is 0 Å². The van der Waals surface area contributed by atoms with Crippen molar-refractivity contribution in [2.45, 2.75) is 70.1 Å². The summed E-state index contributed by atoms with van der Waals surface area (Å²) in [5, 5.41) is 0. The summed E-state index contributed by atoms with van der Waals surface area (Å²) >= 11 is 0. The van der Waals surface area contributed by atoms with Gasteiger partial charge in [-0.15, -0.1) is 0 Å². The van der Waals surface area contributed by atoms with Gasteiger partial charge in [-0.3, -0.25) is 0 Å². The van der Waals surface area contributed by atoms with Crippen LogP contribution in [-0.2, 0) is 10.8 Å². The van der Waals surface area contributed by atoms with Crippen LogP contribution in [0.25, 0.3) is 33.4 Å². The van der Waals surface area contributed by atoms with Gasteiger partial charge in [0.05, 0.1) is 0 Å². The van der Waals surface area contributed by atoms with Gasteiger partial charge in [0.15, 0.2) is 0 Å². The average molecular weight is 497 g/mol. The van der Waals surface area contributed by atoms with Crippen molar-refractivity contribution < 1.29 is 0 Å². The molecule has 4 aliphatic carbocycles. The molecular weight excluding hydrogens is 456 g/mol. The van der Waals surface area contributed by atoms with E-state index in [1.165, 1.54) is 77.5 Å². The SMILES string of the molecule is CC(C)(C)c1cc(-c2ccc(C34CC5CC(CC(C5)C3)C4)cc2)cc(-c2ccccc2-c2ccccc2)c1. The molecule has 0 radical (unpaired) electrons. The first kappa shape index (κ1) is 24.0. The zero-order chi connectivity index (χ0) is 25.9. The molecule has 0 N–H and O–H groups in total. The zero-order valence-corrected chi connectivity index (χ0v) is 23.2. The van der Waals surface area contributed by atoms with Gasteiger partial charge < -0.3 is 0 Å². The zero-order valence-electron chi connectivity index (χ0n) is 23.2. The molecule has 0 spiro atoms. The molecule has 38 heavy (non-hydrogen) atoms. The minimum Gasteiger partial charge on any atom is -0.0622 e. The maximum Gasteiger partial charge on any atom is -0.00391 e. The van der Waals surface area contributed by atoms with Gasteiger partial charge in [0.2, 0.25) is 0 Å². The van der Waals surface area contributed by atoms with Crippen LogP contribution in [0.5, 0.6) is 0 Å². The van der Waals surface area contributed by atoms with E-state index in [9.17, 15) is 0 Å². The van der Waals surface area contributed by atoms with E-state index in [0.29, 0.717) is 5.41 Å². The highest BCUT2D eigenvalue weighted by atomic mass is 14.6. The number of hydrogen-bond donors (Lipinski definition) is 0. The lowest BCUT2D eigenvalue weighted by molar-refractivity contribution is -0.00518. The second-order valence-corrected chi connectivity index (χ2v) is 13.7. The van der Waals surface area contributed by atoms with Gasteiger partial charge in [-0.2, -0.15) is 0 Å². The third kappa shape index (κ3) is 4.23. The molecule has 0 aromatic heterocycles. The monoisotopic (exact) mass is 496 g/mol. The first-order chi connectivity index (χ1) is 18.4. The molecule has 0 heterocycles. The van der Waals surface area contributed by atoms with E-state index in [1.54, 1.807) is 5.56 Å². The van der Waals surface area contributed by atoms with Crippen LogP contribution < -0.4 is 0 Å². The highest BCUT2D eigenvalue weighted by Crippen LogP contribution is 2.60. The molecule has 4 bridgehead atoms. The number of hydrogen-bond acceptors (Lipinski definition) is 0. The van der Waals surface area contributed by atoms with Crippen molar-refractivity contribution in [3.05, 3.63) is 108 Å². The molecular formula is C38H40. The molecule has 0 atom stereocenters. The van der Waals surface area contributed by atoms with Crippen LogP contribution >= 0.6 is 0 Å². The first-order valence-corrected chi connectivity index (χ1v) is 14.8. The van der Waals surface area contributed by atoms with E-state index in [1.807, 2.05) is 0 Å². The molecule has 4 saturated carbocycles. The largest absolute Gasteiger partial charge is 0.0622 e. The Morgan fingerprint density at radius 2 is 1.05 bits per heavy atom. The van der Waals surface area contributed by atoms with Crippen molar-refractivity contribution in [1.82, 2.24) is 0 Å². The van der Waals surface area contributed by atoms with E-state index in [-0.39, 0.29) is 5.41 Å². The van der Waals surface area contributed by atoms with Gasteiger partial charge >= 0.3 is 0 Å². The predicted molar refractivity (Wildman–Crippen MR) is 161 cm³/mol. The summed E-state index contributed by atoms with van der Waals surface area (Å²) in [5.41, 5.74) is 11.4. The van der Waals surface area contributed by atoms with E-state index >= 15 is 0 Å². The fourth-order valence-electron chi connectivity index (χ4n) is 8.47. The lowest BCUT2D eigenvalue weighted by Gasteiger charge is -2.57. The molecule has 8 rings (SSSR count). The maximum atomic E-state index is 2.49. The van der Waals surface area contributed by atoms with Gasteiger partial charge in [-0.25, -0.2) is 0 Å². The predicted octanol–water partition coefficient (Wildman–Crippen LogP) is 10.5. The topological polar surface area (TPSA) is 0 Å². The minimum atomic E-state index is 0.0750. The minimum absolute atomic E-state index is 0.0750. The highest BCUT2D eigenvalue weighted by molar-refractivity contribution is 5.86. The van der Waals surface area contributed by atoms with Gasteiger partial charge in [-0.1, -0.05) is 112 Å². The Hall–Kier alpha value is -3.12. The summed E-state index contributed by atoms with van der Waals surface area (Å²) < 4.78 is 0. The summed E-state index contributed by atoms with van der Waals surface area (Å²) in [6.45, 7) is 6.99. The first-order valence-electron chi connectivity index (χ1n) is 14.8. The van der Waals surface area contributed by atoms with Crippen molar-refractivity contribution >= 4 is 0 Å². The maximum absolute atomic E-state index is 2.49. The fourth-order valence-corrected chi connectivity index (χ4v) is 8.47. The summed E-state index contributed by atoms with van der Waals surface area (Å²) in [5.74, 6) is 2.95. The lowest BCUT2D eigenvalue weighted by atomic mass is 9.48.